The van der Waals surface area contributed by atoms with Crippen LogP contribution in [0.4, 0.5) is 0 Å². The fourth-order valence-electron chi connectivity index (χ4n) is 3.45. The average Bonchev–Trinajstić information content (AvgIpc) is 3.18. The highest BCUT2D eigenvalue weighted by Gasteiger charge is 2.20. The van der Waals surface area contributed by atoms with E-state index in [0.717, 1.165) is 10.1 Å². The van der Waals surface area contributed by atoms with Crippen LogP contribution in [0.3, 0.4) is 0 Å². The molecule has 4 rings (SSSR count). The van der Waals surface area contributed by atoms with Crippen LogP contribution in [-0.2, 0) is 18.4 Å². The predicted octanol–water partition coefficient (Wildman–Crippen LogP) is 1.72. The highest BCUT2D eigenvalue weighted by molar-refractivity contribution is 5.78. The Morgan fingerprint density at radius 1 is 1.10 bits per heavy atom. The number of nitrogens with one attached hydrogen (secondary N) is 2. The minimum atomic E-state index is -0.532. The van der Waals surface area contributed by atoms with E-state index in [1.165, 1.54) is 0 Å². The summed E-state index contributed by atoms with van der Waals surface area (Å²) in [4.78, 5) is 44.7. The second-order valence-corrected chi connectivity index (χ2v) is 6.99. The molecule has 2 N–H and O–H groups in total. The molecular formula is C22H21N5O3. The number of fused-ring (bicyclic) bond motifs is 1. The normalized spacial score (nSPS) is 12.0. The average molecular weight is 403 g/mol. The van der Waals surface area contributed by atoms with Crippen molar-refractivity contribution >= 4 is 16.8 Å². The third-order valence-corrected chi connectivity index (χ3v) is 5.01. The van der Waals surface area contributed by atoms with Crippen LogP contribution in [0.1, 0.15) is 23.9 Å². The minimum absolute atomic E-state index is 0.0188. The molecule has 8 nitrogen and oxygen atoms in total. The van der Waals surface area contributed by atoms with Gasteiger partial charge in [0.15, 0.2) is 0 Å². The second kappa shape index (κ2) is 8.20. The van der Waals surface area contributed by atoms with E-state index in [1.54, 1.807) is 30.5 Å². The number of carbonyl (C=O) groups excluding carboxylic acids is 1. The van der Waals surface area contributed by atoms with Gasteiger partial charge in [0, 0.05) is 32.4 Å². The molecule has 0 fully saturated rings. The molecule has 0 unspecified atom stereocenters. The van der Waals surface area contributed by atoms with Gasteiger partial charge in [-0.2, -0.15) is 0 Å². The summed E-state index contributed by atoms with van der Waals surface area (Å²) in [5.41, 5.74) is 0.425. The molecule has 0 saturated carbocycles. The summed E-state index contributed by atoms with van der Waals surface area (Å²) in [6, 6.07) is 15.9. The van der Waals surface area contributed by atoms with E-state index in [1.807, 2.05) is 48.1 Å². The number of H-pyrrole nitrogens is 1. The van der Waals surface area contributed by atoms with E-state index in [2.05, 4.69) is 15.3 Å². The van der Waals surface area contributed by atoms with E-state index in [9.17, 15) is 14.4 Å². The van der Waals surface area contributed by atoms with Gasteiger partial charge >= 0.3 is 5.69 Å². The molecule has 8 heteroatoms. The molecule has 2 aromatic heterocycles. The van der Waals surface area contributed by atoms with Crippen molar-refractivity contribution in [2.45, 2.75) is 19.0 Å². The van der Waals surface area contributed by atoms with Crippen molar-refractivity contribution in [3.8, 4) is 0 Å². The van der Waals surface area contributed by atoms with Crippen LogP contribution in [0.2, 0.25) is 0 Å². The maximum atomic E-state index is 12.7. The zero-order valence-corrected chi connectivity index (χ0v) is 16.4. The highest BCUT2D eigenvalue weighted by Crippen LogP contribution is 2.20. The number of para-hydroxylation sites is 1. The first-order valence-electron chi connectivity index (χ1n) is 9.58. The molecule has 0 bridgehead atoms. The Bertz CT molecular complexity index is 1300. The van der Waals surface area contributed by atoms with Gasteiger partial charge in [0.1, 0.15) is 11.9 Å². The van der Waals surface area contributed by atoms with Crippen molar-refractivity contribution in [1.82, 2.24) is 24.4 Å². The van der Waals surface area contributed by atoms with E-state index < -0.39 is 17.3 Å². The lowest BCUT2D eigenvalue weighted by Gasteiger charge is -2.19. The number of benzene rings is 2. The number of hydrogen-bond acceptors (Lipinski definition) is 4. The van der Waals surface area contributed by atoms with Gasteiger partial charge in [0.05, 0.1) is 10.9 Å². The molecule has 1 atom stereocenters. The van der Waals surface area contributed by atoms with Crippen LogP contribution in [-0.4, -0.2) is 25.0 Å². The van der Waals surface area contributed by atoms with Gasteiger partial charge in [0.25, 0.3) is 5.56 Å². The molecule has 2 aromatic carbocycles. The molecule has 0 saturated heterocycles. The van der Waals surface area contributed by atoms with E-state index in [-0.39, 0.29) is 18.9 Å². The monoisotopic (exact) mass is 403 g/mol. The number of amides is 1. The number of carbonyl (C=O) groups is 1. The topological polar surface area (TPSA) is 102 Å². The Balaban J connectivity index is 1.55. The molecule has 30 heavy (non-hydrogen) atoms. The lowest BCUT2D eigenvalue weighted by Crippen LogP contribution is -2.37. The Kier molecular flexibility index (Phi) is 5.30. The third kappa shape index (κ3) is 3.80. The lowest BCUT2D eigenvalue weighted by molar-refractivity contribution is -0.121. The quantitative estimate of drug-likeness (QED) is 0.512. The van der Waals surface area contributed by atoms with Crippen molar-refractivity contribution in [3.05, 3.63) is 99.2 Å². The number of rotatable bonds is 6. The molecular weight excluding hydrogens is 382 g/mol. The Morgan fingerprint density at radius 2 is 1.83 bits per heavy atom. The second-order valence-electron chi connectivity index (χ2n) is 6.99. The van der Waals surface area contributed by atoms with Crippen molar-refractivity contribution in [2.75, 3.05) is 0 Å². The number of imidazole rings is 1. The van der Waals surface area contributed by atoms with Crippen LogP contribution in [0, 0.1) is 0 Å². The van der Waals surface area contributed by atoms with Gasteiger partial charge in [-0.3, -0.25) is 14.2 Å². The first kappa shape index (κ1) is 19.4. The smallest absolute Gasteiger partial charge is 0.328 e. The Labute approximate surface area is 171 Å². The van der Waals surface area contributed by atoms with Crippen molar-refractivity contribution in [2.24, 2.45) is 7.05 Å². The summed E-state index contributed by atoms with van der Waals surface area (Å²) in [5, 5.41) is 3.38. The third-order valence-electron chi connectivity index (χ3n) is 5.01. The number of hydrogen-bond donors (Lipinski definition) is 2. The summed E-state index contributed by atoms with van der Waals surface area (Å²) >= 11 is 0. The van der Waals surface area contributed by atoms with Gasteiger partial charge in [-0.25, -0.2) is 9.78 Å². The largest absolute Gasteiger partial charge is 0.342 e. The summed E-state index contributed by atoms with van der Waals surface area (Å²) in [6.07, 6.45) is 3.46. The first-order chi connectivity index (χ1) is 14.5. The molecule has 1 amide bonds. The Hall–Kier alpha value is -3.94. The number of aryl methyl sites for hydroxylation is 1. The van der Waals surface area contributed by atoms with Crippen LogP contribution in [0.15, 0.2) is 76.6 Å². The van der Waals surface area contributed by atoms with Crippen LogP contribution < -0.4 is 16.6 Å². The van der Waals surface area contributed by atoms with Gasteiger partial charge in [-0.05, 0) is 17.7 Å². The van der Waals surface area contributed by atoms with E-state index >= 15 is 0 Å². The zero-order valence-electron chi connectivity index (χ0n) is 16.4. The fourth-order valence-corrected chi connectivity index (χ4v) is 3.45. The molecule has 152 valence electrons. The van der Waals surface area contributed by atoms with Crippen LogP contribution >= 0.6 is 0 Å². The van der Waals surface area contributed by atoms with Crippen LogP contribution in [0.25, 0.3) is 10.9 Å². The Morgan fingerprint density at radius 3 is 2.57 bits per heavy atom. The molecule has 0 aliphatic carbocycles. The highest BCUT2D eigenvalue weighted by atomic mass is 16.2. The summed E-state index contributed by atoms with van der Waals surface area (Å²) in [5.74, 6) is 0.404. The van der Waals surface area contributed by atoms with E-state index in [4.69, 9.17) is 0 Å². The number of aromatic amines is 1. The lowest BCUT2D eigenvalue weighted by atomic mass is 10.1. The molecule has 0 radical (unpaired) electrons. The maximum absolute atomic E-state index is 12.7. The van der Waals surface area contributed by atoms with Gasteiger partial charge in [-0.15, -0.1) is 0 Å². The molecule has 4 aromatic rings. The maximum Gasteiger partial charge on any atom is 0.328 e. The van der Waals surface area contributed by atoms with Gasteiger partial charge in [-0.1, -0.05) is 42.5 Å². The predicted molar refractivity (Wildman–Crippen MR) is 113 cm³/mol. The zero-order chi connectivity index (χ0) is 21.1. The molecule has 0 aliphatic rings. The summed E-state index contributed by atoms with van der Waals surface area (Å²) in [7, 11) is 1.86. The van der Waals surface area contributed by atoms with Gasteiger partial charge < -0.3 is 14.9 Å². The van der Waals surface area contributed by atoms with Crippen molar-refractivity contribution in [1.29, 1.82) is 0 Å². The standard InChI is InChI=1S/C22H21N5O3/c1-26-14-12-23-20(26)19(15-7-3-2-4-8-15)25-18(28)11-13-27-21(29)16-9-5-6-10-17(16)24-22(27)30/h2-10,12,14,19H,11,13H2,1H3,(H,24,30)(H,25,28)/t19-/m0/s1. The number of nitrogens with zero attached hydrogens (tertiary/aromatic N) is 3. The van der Waals surface area contributed by atoms with Crippen LogP contribution in [0.5, 0.6) is 0 Å². The van der Waals surface area contributed by atoms with Gasteiger partial charge in [0.2, 0.25) is 5.91 Å². The van der Waals surface area contributed by atoms with Crippen molar-refractivity contribution in [3.63, 3.8) is 0 Å². The first-order valence-corrected chi connectivity index (χ1v) is 9.58. The molecule has 0 aliphatic heterocycles. The van der Waals surface area contributed by atoms with E-state index in [0.29, 0.717) is 16.7 Å². The summed E-state index contributed by atoms with van der Waals surface area (Å²) < 4.78 is 2.90. The molecule has 2 heterocycles. The summed E-state index contributed by atoms with van der Waals surface area (Å²) in [6.45, 7) is -0.0209. The fraction of sp³-hybridized carbons (Fsp3) is 0.182. The molecule has 0 spiro atoms. The minimum Gasteiger partial charge on any atom is -0.342 e. The number of aromatic nitrogens is 4. The van der Waals surface area contributed by atoms with Crippen molar-refractivity contribution < 1.29 is 4.79 Å². The SMILES string of the molecule is Cn1ccnc1[C@@H](NC(=O)CCn1c(=O)[nH]c2ccccc2c1=O)c1ccccc1.